The number of aromatic nitrogens is 1. The molecule has 0 saturated carbocycles. The minimum atomic E-state index is -3.65. The van der Waals surface area contributed by atoms with Crippen molar-refractivity contribution in [2.75, 3.05) is 7.11 Å². The number of rotatable bonds is 6. The van der Waals surface area contributed by atoms with Crippen LogP contribution < -0.4 is 9.46 Å². The minimum Gasteiger partial charge on any atom is -0.496 e. The molecule has 6 nitrogen and oxygen atoms in total. The molecule has 0 aliphatic heterocycles. The van der Waals surface area contributed by atoms with Gasteiger partial charge in [0.25, 0.3) is 0 Å². The standard InChI is InChI=1S/C13H16N2O4S2/c1-9-13(20-8-14-9)6-15-21(17,18)11-3-4-12(19-2)10(5-11)7-16/h3-5,8,15-16H,6-7H2,1-2H3. The fourth-order valence-electron chi connectivity index (χ4n) is 1.79. The Bertz CT molecular complexity index is 726. The van der Waals surface area contributed by atoms with Crippen LogP contribution in [0.5, 0.6) is 5.75 Å². The topological polar surface area (TPSA) is 88.5 Å². The van der Waals surface area contributed by atoms with Crippen LogP contribution in [-0.2, 0) is 23.2 Å². The smallest absolute Gasteiger partial charge is 0.240 e. The average molecular weight is 328 g/mol. The second-order valence-electron chi connectivity index (χ2n) is 4.32. The van der Waals surface area contributed by atoms with E-state index in [2.05, 4.69) is 9.71 Å². The van der Waals surface area contributed by atoms with Gasteiger partial charge in [-0.05, 0) is 25.1 Å². The maximum atomic E-state index is 12.3. The van der Waals surface area contributed by atoms with Crippen molar-refractivity contribution in [1.29, 1.82) is 0 Å². The Morgan fingerprint density at radius 3 is 2.76 bits per heavy atom. The fourth-order valence-corrected chi connectivity index (χ4v) is 3.64. The molecule has 114 valence electrons. The van der Waals surface area contributed by atoms with Crippen LogP contribution in [0.3, 0.4) is 0 Å². The second-order valence-corrected chi connectivity index (χ2v) is 7.02. The Balaban J connectivity index is 2.21. The number of hydrogen-bond acceptors (Lipinski definition) is 6. The molecule has 0 aliphatic rings. The van der Waals surface area contributed by atoms with Crippen LogP contribution in [0.2, 0.25) is 0 Å². The highest BCUT2D eigenvalue weighted by Crippen LogP contribution is 2.22. The maximum absolute atomic E-state index is 12.3. The van der Waals surface area contributed by atoms with Gasteiger partial charge in [-0.15, -0.1) is 11.3 Å². The molecule has 2 aromatic rings. The molecule has 2 N–H and O–H groups in total. The Kier molecular flexibility index (Phi) is 4.94. The number of aliphatic hydroxyl groups excluding tert-OH is 1. The molecule has 1 aromatic carbocycles. The predicted octanol–water partition coefficient (Wildman–Crippen LogP) is 1.43. The van der Waals surface area contributed by atoms with Gasteiger partial charge in [-0.1, -0.05) is 0 Å². The number of aryl methyl sites for hydroxylation is 1. The summed E-state index contributed by atoms with van der Waals surface area (Å²) in [6.07, 6.45) is 0. The lowest BCUT2D eigenvalue weighted by Gasteiger charge is -2.10. The van der Waals surface area contributed by atoms with Crippen molar-refractivity contribution in [2.45, 2.75) is 25.0 Å². The molecule has 0 spiro atoms. The largest absolute Gasteiger partial charge is 0.496 e. The summed E-state index contributed by atoms with van der Waals surface area (Å²) in [4.78, 5) is 5.04. The van der Waals surface area contributed by atoms with Gasteiger partial charge in [-0.2, -0.15) is 0 Å². The summed E-state index contributed by atoms with van der Waals surface area (Å²) in [6.45, 7) is 1.73. The van der Waals surface area contributed by atoms with E-state index in [0.29, 0.717) is 11.3 Å². The van der Waals surface area contributed by atoms with E-state index in [1.807, 2.05) is 6.92 Å². The van der Waals surface area contributed by atoms with Gasteiger partial charge in [0, 0.05) is 17.0 Å². The number of nitrogens with zero attached hydrogens (tertiary/aromatic N) is 1. The first-order chi connectivity index (χ1) is 9.97. The van der Waals surface area contributed by atoms with Gasteiger partial charge in [0.1, 0.15) is 5.75 Å². The highest BCUT2D eigenvalue weighted by Gasteiger charge is 2.17. The first kappa shape index (κ1) is 15.9. The molecule has 2 rings (SSSR count). The normalized spacial score (nSPS) is 11.6. The summed E-state index contributed by atoms with van der Waals surface area (Å²) in [5.41, 5.74) is 2.92. The van der Waals surface area contributed by atoms with E-state index >= 15 is 0 Å². The number of aliphatic hydroxyl groups is 1. The zero-order chi connectivity index (χ0) is 15.5. The van der Waals surface area contributed by atoms with E-state index in [4.69, 9.17) is 4.74 Å². The number of thiazole rings is 1. The van der Waals surface area contributed by atoms with E-state index < -0.39 is 10.0 Å². The summed E-state index contributed by atoms with van der Waals surface area (Å²) >= 11 is 1.40. The Morgan fingerprint density at radius 2 is 2.19 bits per heavy atom. The monoisotopic (exact) mass is 328 g/mol. The van der Waals surface area contributed by atoms with Crippen LogP contribution >= 0.6 is 11.3 Å². The quantitative estimate of drug-likeness (QED) is 0.837. The molecule has 1 aromatic heterocycles. The van der Waals surface area contributed by atoms with Crippen LogP contribution in [0.15, 0.2) is 28.6 Å². The van der Waals surface area contributed by atoms with Gasteiger partial charge < -0.3 is 9.84 Å². The third-order valence-corrected chi connectivity index (χ3v) is 5.33. The first-order valence-corrected chi connectivity index (χ1v) is 8.50. The predicted molar refractivity (Wildman–Crippen MR) is 79.8 cm³/mol. The molecule has 21 heavy (non-hydrogen) atoms. The second kappa shape index (κ2) is 6.52. The molecule has 0 saturated heterocycles. The summed E-state index contributed by atoms with van der Waals surface area (Å²) in [7, 11) is -2.18. The van der Waals surface area contributed by atoms with Crippen LogP contribution in [0.1, 0.15) is 16.1 Å². The van der Waals surface area contributed by atoms with Crippen LogP contribution in [0.25, 0.3) is 0 Å². The molecule has 0 aliphatic carbocycles. The van der Waals surface area contributed by atoms with Gasteiger partial charge in [0.15, 0.2) is 0 Å². The Morgan fingerprint density at radius 1 is 1.43 bits per heavy atom. The third-order valence-electron chi connectivity index (χ3n) is 3.00. The van der Waals surface area contributed by atoms with E-state index in [-0.39, 0.29) is 18.0 Å². The van der Waals surface area contributed by atoms with Crippen molar-refractivity contribution in [3.05, 3.63) is 39.8 Å². The number of sulfonamides is 1. The Hall–Kier alpha value is -1.48. The van der Waals surface area contributed by atoms with Crippen molar-refractivity contribution in [1.82, 2.24) is 9.71 Å². The SMILES string of the molecule is COc1ccc(S(=O)(=O)NCc2scnc2C)cc1CO. The number of benzene rings is 1. The van der Waals surface area contributed by atoms with Gasteiger partial charge in [-0.25, -0.2) is 18.1 Å². The van der Waals surface area contributed by atoms with Gasteiger partial charge in [0.05, 0.1) is 29.8 Å². The molecular formula is C13H16N2O4S2. The van der Waals surface area contributed by atoms with Gasteiger partial charge in [0.2, 0.25) is 10.0 Å². The molecule has 0 bridgehead atoms. The molecular weight excluding hydrogens is 312 g/mol. The number of nitrogens with one attached hydrogen (secondary N) is 1. The van der Waals surface area contributed by atoms with E-state index in [1.165, 1.54) is 36.6 Å². The first-order valence-electron chi connectivity index (χ1n) is 6.14. The van der Waals surface area contributed by atoms with Crippen molar-refractivity contribution >= 4 is 21.4 Å². The molecule has 8 heteroatoms. The van der Waals surface area contributed by atoms with Crippen LogP contribution in [0.4, 0.5) is 0 Å². The highest BCUT2D eigenvalue weighted by atomic mass is 32.2. The van der Waals surface area contributed by atoms with E-state index in [1.54, 1.807) is 5.51 Å². The summed E-state index contributed by atoms with van der Waals surface area (Å²) in [6, 6.07) is 4.37. The lowest BCUT2D eigenvalue weighted by Crippen LogP contribution is -2.23. The zero-order valence-electron chi connectivity index (χ0n) is 11.7. The average Bonchev–Trinajstić information content (AvgIpc) is 2.89. The molecule has 0 fully saturated rings. The number of methoxy groups -OCH3 is 1. The highest BCUT2D eigenvalue weighted by molar-refractivity contribution is 7.89. The van der Waals surface area contributed by atoms with E-state index in [0.717, 1.165) is 10.6 Å². The summed E-state index contributed by atoms with van der Waals surface area (Å²) in [5, 5.41) is 9.25. The Labute approximate surface area is 127 Å². The molecule has 0 radical (unpaired) electrons. The molecule has 0 atom stereocenters. The maximum Gasteiger partial charge on any atom is 0.240 e. The van der Waals surface area contributed by atoms with Crippen LogP contribution in [-0.4, -0.2) is 25.6 Å². The molecule has 0 amide bonds. The van der Waals surface area contributed by atoms with E-state index in [9.17, 15) is 13.5 Å². The zero-order valence-corrected chi connectivity index (χ0v) is 13.3. The lowest BCUT2D eigenvalue weighted by molar-refractivity contribution is 0.273. The van der Waals surface area contributed by atoms with Crippen molar-refractivity contribution in [3.63, 3.8) is 0 Å². The van der Waals surface area contributed by atoms with Crippen LogP contribution in [0, 0.1) is 6.92 Å². The van der Waals surface area contributed by atoms with Crippen molar-refractivity contribution < 1.29 is 18.3 Å². The fraction of sp³-hybridized carbons (Fsp3) is 0.308. The van der Waals surface area contributed by atoms with Crippen molar-refractivity contribution in [3.8, 4) is 5.75 Å². The summed E-state index contributed by atoms with van der Waals surface area (Å²) in [5.74, 6) is 0.453. The molecule has 0 unspecified atom stereocenters. The lowest BCUT2D eigenvalue weighted by atomic mass is 10.2. The van der Waals surface area contributed by atoms with Gasteiger partial charge in [-0.3, -0.25) is 0 Å². The number of ether oxygens (including phenoxy) is 1. The van der Waals surface area contributed by atoms with Crippen molar-refractivity contribution in [2.24, 2.45) is 0 Å². The minimum absolute atomic E-state index is 0.0921. The number of hydrogen-bond donors (Lipinski definition) is 2. The summed E-state index contributed by atoms with van der Waals surface area (Å²) < 4.78 is 32.1. The third kappa shape index (κ3) is 3.59. The molecule has 1 heterocycles. The van der Waals surface area contributed by atoms with Gasteiger partial charge >= 0.3 is 0 Å².